The number of hydrogen-bond acceptors (Lipinski definition) is 8. The predicted molar refractivity (Wildman–Crippen MR) is 135 cm³/mol. The van der Waals surface area contributed by atoms with Gasteiger partial charge in [0.15, 0.2) is 5.69 Å². The molecule has 0 aliphatic heterocycles. The molecule has 0 aliphatic rings. The zero-order chi connectivity index (χ0) is 27.0. The number of hydrogen-bond donors (Lipinski definition) is 4. The Bertz CT molecular complexity index is 1030. The molecule has 0 unspecified atom stereocenters. The van der Waals surface area contributed by atoms with Crippen molar-refractivity contribution in [1.29, 1.82) is 0 Å². The second kappa shape index (κ2) is 12.7. The summed E-state index contributed by atoms with van der Waals surface area (Å²) in [5.74, 6) is -1.20. The van der Waals surface area contributed by atoms with Crippen LogP contribution in [0.4, 0.5) is 4.79 Å². The lowest BCUT2D eigenvalue weighted by Gasteiger charge is -2.29. The molecule has 2 rings (SSSR count). The predicted octanol–water partition coefficient (Wildman–Crippen LogP) is 4.07. The van der Waals surface area contributed by atoms with E-state index in [2.05, 4.69) is 15.6 Å². The molecule has 0 fully saturated rings. The number of nitrogens with one attached hydrogen (secondary N) is 2. The first kappa shape index (κ1) is 29.1. The van der Waals surface area contributed by atoms with Crippen molar-refractivity contribution in [3.8, 4) is 5.75 Å². The molecule has 1 heterocycles. The molecule has 1 aromatic heterocycles. The molecule has 0 bridgehead atoms. The van der Waals surface area contributed by atoms with E-state index in [1.165, 1.54) is 5.38 Å². The van der Waals surface area contributed by atoms with Gasteiger partial charge in [0, 0.05) is 11.8 Å². The second-order valence-electron chi connectivity index (χ2n) is 9.47. The van der Waals surface area contributed by atoms with E-state index in [9.17, 15) is 19.5 Å². The SMILES string of the molecule is CC[C@@H](C)[C@H](NC(=O)OC(C)(C)C)C(=O)N[C@H](C[C@@H](O)c1nc(C(=O)O)cs1)c1ccc(OC)cc1. The molecule has 36 heavy (non-hydrogen) atoms. The number of carboxylic acid groups (broad SMARTS) is 1. The van der Waals surface area contributed by atoms with Crippen LogP contribution in [0.2, 0.25) is 0 Å². The van der Waals surface area contributed by atoms with E-state index in [4.69, 9.17) is 14.6 Å². The van der Waals surface area contributed by atoms with Gasteiger partial charge in [0.05, 0.1) is 13.2 Å². The summed E-state index contributed by atoms with van der Waals surface area (Å²) in [7, 11) is 1.54. The first-order valence-electron chi connectivity index (χ1n) is 11.6. The average Bonchev–Trinajstić information content (AvgIpc) is 3.31. The standard InChI is InChI=1S/C25H35N3O7S/c1-7-14(2)20(28-24(33)35-25(3,4)5)21(30)26-17(15-8-10-16(34-6)11-9-15)12-19(29)22-27-18(13-36-22)23(31)32/h8-11,13-14,17,19-20,29H,7,12H2,1-6H3,(H,26,30)(H,28,33)(H,31,32)/t14-,17-,19-,20+/m1/s1. The summed E-state index contributed by atoms with van der Waals surface area (Å²) >= 11 is 1.03. The third-order valence-electron chi connectivity index (χ3n) is 5.49. The lowest BCUT2D eigenvalue weighted by Crippen LogP contribution is -2.52. The molecule has 10 nitrogen and oxygen atoms in total. The van der Waals surface area contributed by atoms with Gasteiger partial charge >= 0.3 is 12.1 Å². The van der Waals surface area contributed by atoms with Gasteiger partial charge in [-0.3, -0.25) is 4.79 Å². The first-order chi connectivity index (χ1) is 16.8. The van der Waals surface area contributed by atoms with Crippen LogP contribution in [0.3, 0.4) is 0 Å². The third-order valence-corrected chi connectivity index (χ3v) is 6.43. The molecule has 0 spiro atoms. The van der Waals surface area contributed by atoms with Crippen molar-refractivity contribution in [3.63, 3.8) is 0 Å². The molecule has 0 saturated carbocycles. The smallest absolute Gasteiger partial charge is 0.408 e. The lowest BCUT2D eigenvalue weighted by molar-refractivity contribution is -0.125. The van der Waals surface area contributed by atoms with E-state index in [1.54, 1.807) is 52.1 Å². The van der Waals surface area contributed by atoms with Gasteiger partial charge in [-0.15, -0.1) is 11.3 Å². The number of ether oxygens (including phenoxy) is 2. The van der Waals surface area contributed by atoms with Gasteiger partial charge in [-0.1, -0.05) is 32.4 Å². The number of carbonyl (C=O) groups is 3. The quantitative estimate of drug-likeness (QED) is 0.346. The van der Waals surface area contributed by atoms with Crippen molar-refractivity contribution in [3.05, 3.63) is 45.9 Å². The Morgan fingerprint density at radius 3 is 2.28 bits per heavy atom. The molecule has 198 valence electrons. The molecule has 11 heteroatoms. The van der Waals surface area contributed by atoms with Crippen LogP contribution in [-0.4, -0.2) is 51.9 Å². The molecule has 2 amide bonds. The Kier molecular flexibility index (Phi) is 10.2. The number of carboxylic acids is 1. The number of benzene rings is 1. The summed E-state index contributed by atoms with van der Waals surface area (Å²) in [6.45, 7) is 8.97. The fourth-order valence-electron chi connectivity index (χ4n) is 3.38. The maximum absolute atomic E-state index is 13.4. The molecular weight excluding hydrogens is 486 g/mol. The third kappa shape index (κ3) is 8.49. The van der Waals surface area contributed by atoms with Crippen LogP contribution >= 0.6 is 11.3 Å². The number of rotatable bonds is 11. The zero-order valence-electron chi connectivity index (χ0n) is 21.4. The number of aliphatic hydroxyl groups is 1. The number of aliphatic hydroxyl groups excluding tert-OH is 1. The minimum atomic E-state index is -1.19. The Morgan fingerprint density at radius 1 is 1.14 bits per heavy atom. The van der Waals surface area contributed by atoms with Gasteiger partial charge in [-0.25, -0.2) is 14.6 Å². The maximum atomic E-state index is 13.4. The largest absolute Gasteiger partial charge is 0.497 e. The summed E-state index contributed by atoms with van der Waals surface area (Å²) < 4.78 is 10.5. The van der Waals surface area contributed by atoms with Crippen molar-refractivity contribution >= 4 is 29.3 Å². The van der Waals surface area contributed by atoms with Gasteiger partial charge in [-0.05, 0) is 44.4 Å². The van der Waals surface area contributed by atoms with Gasteiger partial charge in [0.2, 0.25) is 5.91 Å². The summed E-state index contributed by atoms with van der Waals surface area (Å²) in [6, 6.07) is 5.46. The van der Waals surface area contributed by atoms with E-state index in [0.29, 0.717) is 17.7 Å². The minimum Gasteiger partial charge on any atom is -0.497 e. The number of thiazole rings is 1. The number of aromatic carboxylic acids is 1. The Morgan fingerprint density at radius 2 is 1.78 bits per heavy atom. The van der Waals surface area contributed by atoms with Crippen LogP contribution in [-0.2, 0) is 9.53 Å². The van der Waals surface area contributed by atoms with Crippen LogP contribution in [0, 0.1) is 5.92 Å². The number of nitrogens with zero attached hydrogens (tertiary/aromatic N) is 1. The van der Waals surface area contributed by atoms with Crippen LogP contribution in [0.5, 0.6) is 5.75 Å². The second-order valence-corrected chi connectivity index (χ2v) is 10.4. The molecule has 0 radical (unpaired) electrons. The molecular formula is C25H35N3O7S. The molecule has 0 aliphatic carbocycles. The van der Waals surface area contributed by atoms with Gasteiger partial charge < -0.3 is 30.3 Å². The first-order valence-corrected chi connectivity index (χ1v) is 12.5. The van der Waals surface area contributed by atoms with Crippen molar-refractivity contribution in [2.75, 3.05) is 7.11 Å². The molecule has 2 aromatic rings. The highest BCUT2D eigenvalue weighted by Crippen LogP contribution is 2.30. The number of aromatic nitrogens is 1. The number of methoxy groups -OCH3 is 1. The van der Waals surface area contributed by atoms with E-state index < -0.39 is 41.8 Å². The molecule has 0 saturated heterocycles. The molecule has 1 aromatic carbocycles. The molecule has 4 atom stereocenters. The van der Waals surface area contributed by atoms with E-state index >= 15 is 0 Å². The van der Waals surface area contributed by atoms with Crippen LogP contribution < -0.4 is 15.4 Å². The highest BCUT2D eigenvalue weighted by Gasteiger charge is 2.31. The maximum Gasteiger partial charge on any atom is 0.408 e. The van der Waals surface area contributed by atoms with Crippen LogP contribution in [0.25, 0.3) is 0 Å². The van der Waals surface area contributed by atoms with Gasteiger partial charge in [0.1, 0.15) is 28.5 Å². The normalized spacial score (nSPS) is 14.8. The number of amides is 2. The lowest BCUT2D eigenvalue weighted by atomic mass is 9.96. The average molecular weight is 522 g/mol. The summed E-state index contributed by atoms with van der Waals surface area (Å²) in [4.78, 5) is 41.0. The van der Waals surface area contributed by atoms with Crippen LogP contribution in [0.15, 0.2) is 29.6 Å². The van der Waals surface area contributed by atoms with Crippen molar-refractivity contribution in [2.24, 2.45) is 5.92 Å². The highest BCUT2D eigenvalue weighted by molar-refractivity contribution is 7.09. The minimum absolute atomic E-state index is 0.0320. The Balaban J connectivity index is 2.29. The Labute approximate surface area is 215 Å². The highest BCUT2D eigenvalue weighted by atomic mass is 32.1. The zero-order valence-corrected chi connectivity index (χ0v) is 22.2. The van der Waals surface area contributed by atoms with Gasteiger partial charge in [-0.2, -0.15) is 0 Å². The van der Waals surface area contributed by atoms with E-state index in [1.807, 2.05) is 13.8 Å². The molecule has 4 N–H and O–H groups in total. The van der Waals surface area contributed by atoms with Crippen molar-refractivity contribution in [1.82, 2.24) is 15.6 Å². The monoisotopic (exact) mass is 521 g/mol. The van der Waals surface area contributed by atoms with Gasteiger partial charge in [0.25, 0.3) is 0 Å². The summed E-state index contributed by atoms with van der Waals surface area (Å²) in [6.07, 6.45) is -1.17. The van der Waals surface area contributed by atoms with E-state index in [-0.39, 0.29) is 23.0 Å². The fraction of sp³-hybridized carbons (Fsp3) is 0.520. The number of alkyl carbamates (subject to hydrolysis) is 1. The fourth-order valence-corrected chi connectivity index (χ4v) is 4.17. The van der Waals surface area contributed by atoms with Crippen molar-refractivity contribution < 1.29 is 34.1 Å². The topological polar surface area (TPSA) is 147 Å². The Hall–Kier alpha value is -3.18. The summed E-state index contributed by atoms with van der Waals surface area (Å²) in [5.41, 5.74) is -0.186. The number of carbonyl (C=O) groups excluding carboxylic acids is 2. The van der Waals surface area contributed by atoms with E-state index in [0.717, 1.165) is 11.3 Å². The van der Waals surface area contributed by atoms with Crippen LogP contribution in [0.1, 0.15) is 80.7 Å². The van der Waals surface area contributed by atoms with Crippen molar-refractivity contribution in [2.45, 2.75) is 71.2 Å². The summed E-state index contributed by atoms with van der Waals surface area (Å²) in [5, 5.41) is 27.1.